The largest absolute Gasteiger partial charge is 0.345 e. The number of nitrogens with zero attached hydrogens (tertiary/aromatic N) is 1. The lowest BCUT2D eigenvalue weighted by Crippen LogP contribution is -2.17. The molecule has 2 saturated carbocycles. The standard InChI is InChI=1S/C14H21N3/c15-11-2-1-3-12-13(11)17-14(16-12)10-7-8-4-5-9(10)6-8/h8-11H,1-7,15H2,(H,16,17). The SMILES string of the molecule is NC1CCCc2[nH]c(C3CC4CCC3C4)nc21. The van der Waals surface area contributed by atoms with Crippen LogP contribution in [0.2, 0.25) is 0 Å². The first-order valence-electron chi connectivity index (χ1n) is 7.15. The molecule has 3 aliphatic rings. The third-order valence-electron chi connectivity index (χ3n) is 5.21. The van der Waals surface area contributed by atoms with Crippen LogP contribution in [-0.4, -0.2) is 9.97 Å². The highest BCUT2D eigenvalue weighted by atomic mass is 15.0. The fourth-order valence-corrected chi connectivity index (χ4v) is 4.33. The monoisotopic (exact) mass is 231 g/mol. The Kier molecular flexibility index (Phi) is 2.13. The average molecular weight is 231 g/mol. The van der Waals surface area contributed by atoms with E-state index in [4.69, 9.17) is 10.7 Å². The maximum atomic E-state index is 6.15. The van der Waals surface area contributed by atoms with Crippen LogP contribution in [0.5, 0.6) is 0 Å². The van der Waals surface area contributed by atoms with Crippen LogP contribution < -0.4 is 5.73 Å². The molecular formula is C14H21N3. The maximum Gasteiger partial charge on any atom is 0.110 e. The van der Waals surface area contributed by atoms with Gasteiger partial charge in [-0.3, -0.25) is 0 Å². The minimum Gasteiger partial charge on any atom is -0.345 e. The fourth-order valence-electron chi connectivity index (χ4n) is 4.33. The van der Waals surface area contributed by atoms with Gasteiger partial charge in [0.05, 0.1) is 5.69 Å². The summed E-state index contributed by atoms with van der Waals surface area (Å²) in [7, 11) is 0. The highest BCUT2D eigenvalue weighted by Gasteiger charge is 2.42. The Labute approximate surface area is 102 Å². The molecule has 4 atom stereocenters. The van der Waals surface area contributed by atoms with Crippen molar-refractivity contribution in [1.29, 1.82) is 0 Å². The molecule has 0 saturated heterocycles. The fraction of sp³-hybridized carbons (Fsp3) is 0.786. The molecule has 0 amide bonds. The number of aromatic amines is 1. The number of nitrogens with one attached hydrogen (secondary N) is 1. The third-order valence-corrected chi connectivity index (χ3v) is 5.21. The quantitative estimate of drug-likeness (QED) is 0.780. The molecule has 4 rings (SSSR count). The molecule has 0 spiro atoms. The minimum atomic E-state index is 0.183. The summed E-state index contributed by atoms with van der Waals surface area (Å²) < 4.78 is 0. The van der Waals surface area contributed by atoms with Gasteiger partial charge in [-0.15, -0.1) is 0 Å². The van der Waals surface area contributed by atoms with Gasteiger partial charge in [0.2, 0.25) is 0 Å². The molecule has 0 radical (unpaired) electrons. The molecule has 1 aromatic rings. The van der Waals surface area contributed by atoms with Gasteiger partial charge >= 0.3 is 0 Å². The van der Waals surface area contributed by atoms with Gasteiger partial charge in [0.1, 0.15) is 5.82 Å². The topological polar surface area (TPSA) is 54.7 Å². The molecule has 0 aromatic carbocycles. The zero-order chi connectivity index (χ0) is 11.4. The van der Waals surface area contributed by atoms with Crippen LogP contribution in [0.1, 0.15) is 67.7 Å². The summed E-state index contributed by atoms with van der Waals surface area (Å²) in [5.74, 6) is 3.87. The van der Waals surface area contributed by atoms with Crippen molar-refractivity contribution in [2.24, 2.45) is 17.6 Å². The molecule has 3 nitrogen and oxygen atoms in total. The van der Waals surface area contributed by atoms with E-state index in [-0.39, 0.29) is 6.04 Å². The molecule has 92 valence electrons. The van der Waals surface area contributed by atoms with Crippen molar-refractivity contribution in [3.8, 4) is 0 Å². The molecule has 0 aliphatic heterocycles. The normalized spacial score (nSPS) is 39.6. The second kappa shape index (κ2) is 3.58. The Bertz CT molecular complexity index is 437. The number of aryl methyl sites for hydroxylation is 1. The van der Waals surface area contributed by atoms with Gasteiger partial charge in [-0.1, -0.05) is 6.42 Å². The molecule has 3 aliphatic carbocycles. The number of H-pyrrole nitrogens is 1. The summed E-state index contributed by atoms with van der Waals surface area (Å²) in [5, 5.41) is 0. The Morgan fingerprint density at radius 2 is 2.12 bits per heavy atom. The van der Waals surface area contributed by atoms with Crippen molar-refractivity contribution in [2.75, 3.05) is 0 Å². The van der Waals surface area contributed by atoms with E-state index >= 15 is 0 Å². The zero-order valence-electron chi connectivity index (χ0n) is 10.3. The smallest absolute Gasteiger partial charge is 0.110 e. The molecule has 3 N–H and O–H groups in total. The van der Waals surface area contributed by atoms with E-state index in [0.29, 0.717) is 5.92 Å². The molecule has 17 heavy (non-hydrogen) atoms. The summed E-state index contributed by atoms with van der Waals surface area (Å²) in [6, 6.07) is 0.183. The molecule has 3 heteroatoms. The third kappa shape index (κ3) is 1.48. The minimum absolute atomic E-state index is 0.183. The number of aromatic nitrogens is 2. The lowest BCUT2D eigenvalue weighted by molar-refractivity contribution is 0.407. The highest BCUT2D eigenvalue weighted by Crippen LogP contribution is 2.52. The Morgan fingerprint density at radius 1 is 1.18 bits per heavy atom. The van der Waals surface area contributed by atoms with Crippen molar-refractivity contribution in [3.63, 3.8) is 0 Å². The van der Waals surface area contributed by atoms with Crippen LogP contribution in [0.4, 0.5) is 0 Å². The van der Waals surface area contributed by atoms with Gasteiger partial charge in [-0.05, 0) is 50.4 Å². The zero-order valence-corrected chi connectivity index (χ0v) is 10.3. The number of fused-ring (bicyclic) bond motifs is 3. The number of hydrogen-bond donors (Lipinski definition) is 2. The van der Waals surface area contributed by atoms with Gasteiger partial charge in [0, 0.05) is 17.7 Å². The number of imidazole rings is 1. The van der Waals surface area contributed by atoms with Gasteiger partial charge in [0.15, 0.2) is 0 Å². The molecule has 1 heterocycles. The molecular weight excluding hydrogens is 210 g/mol. The number of rotatable bonds is 1. The van der Waals surface area contributed by atoms with Crippen molar-refractivity contribution in [1.82, 2.24) is 9.97 Å². The summed E-state index contributed by atoms with van der Waals surface area (Å²) in [6.45, 7) is 0. The lowest BCUT2D eigenvalue weighted by atomic mass is 9.88. The first-order chi connectivity index (χ1) is 8.31. The van der Waals surface area contributed by atoms with Gasteiger partial charge in [-0.25, -0.2) is 4.98 Å². The Balaban J connectivity index is 1.66. The average Bonchev–Trinajstić information content (AvgIpc) is 3.03. The second-order valence-corrected chi connectivity index (χ2v) is 6.27. The van der Waals surface area contributed by atoms with E-state index in [1.54, 1.807) is 0 Å². The first kappa shape index (κ1) is 10.1. The van der Waals surface area contributed by atoms with Crippen LogP contribution in [0.3, 0.4) is 0 Å². The van der Waals surface area contributed by atoms with Gasteiger partial charge in [0.25, 0.3) is 0 Å². The van der Waals surface area contributed by atoms with Crippen LogP contribution in [0.25, 0.3) is 0 Å². The predicted molar refractivity (Wildman–Crippen MR) is 66.6 cm³/mol. The van der Waals surface area contributed by atoms with Crippen LogP contribution in [0, 0.1) is 11.8 Å². The van der Waals surface area contributed by atoms with E-state index in [9.17, 15) is 0 Å². The number of nitrogens with two attached hydrogens (primary N) is 1. The molecule has 4 unspecified atom stereocenters. The Hall–Kier alpha value is -0.830. The van der Waals surface area contributed by atoms with Gasteiger partial charge in [-0.2, -0.15) is 0 Å². The van der Waals surface area contributed by atoms with Crippen molar-refractivity contribution in [2.45, 2.75) is 56.9 Å². The summed E-state index contributed by atoms with van der Waals surface area (Å²) in [5.41, 5.74) is 8.66. The van der Waals surface area contributed by atoms with E-state index < -0.39 is 0 Å². The lowest BCUT2D eigenvalue weighted by Gasteiger charge is -2.19. The number of hydrogen-bond acceptors (Lipinski definition) is 2. The second-order valence-electron chi connectivity index (χ2n) is 6.27. The van der Waals surface area contributed by atoms with Crippen LogP contribution in [0.15, 0.2) is 0 Å². The first-order valence-corrected chi connectivity index (χ1v) is 7.15. The maximum absolute atomic E-state index is 6.15. The molecule has 1 aromatic heterocycles. The summed E-state index contributed by atoms with van der Waals surface area (Å²) >= 11 is 0. The van der Waals surface area contributed by atoms with E-state index in [0.717, 1.165) is 24.7 Å². The van der Waals surface area contributed by atoms with Gasteiger partial charge < -0.3 is 10.7 Å². The Morgan fingerprint density at radius 3 is 2.82 bits per heavy atom. The summed E-state index contributed by atoms with van der Waals surface area (Å²) in [6.07, 6.45) is 9.17. The van der Waals surface area contributed by atoms with E-state index in [1.165, 1.54) is 49.3 Å². The molecule has 2 bridgehead atoms. The molecule has 2 fully saturated rings. The van der Waals surface area contributed by atoms with Crippen molar-refractivity contribution < 1.29 is 0 Å². The summed E-state index contributed by atoms with van der Waals surface area (Å²) in [4.78, 5) is 8.45. The van der Waals surface area contributed by atoms with Crippen molar-refractivity contribution in [3.05, 3.63) is 17.2 Å². The van der Waals surface area contributed by atoms with Crippen LogP contribution in [-0.2, 0) is 6.42 Å². The van der Waals surface area contributed by atoms with E-state index in [1.807, 2.05) is 0 Å². The van der Waals surface area contributed by atoms with E-state index in [2.05, 4.69) is 4.98 Å². The predicted octanol–water partition coefficient (Wildman–Crippen LogP) is 2.65. The van der Waals surface area contributed by atoms with Crippen molar-refractivity contribution >= 4 is 0 Å². The highest BCUT2D eigenvalue weighted by molar-refractivity contribution is 5.23. The van der Waals surface area contributed by atoms with Crippen LogP contribution >= 0.6 is 0 Å².